The number of rotatable bonds is 6. The molecule has 90 valence electrons. The van der Waals surface area contributed by atoms with Crippen molar-refractivity contribution in [2.75, 3.05) is 20.8 Å². The van der Waals surface area contributed by atoms with Crippen molar-refractivity contribution in [3.63, 3.8) is 0 Å². The number of hydrogen-bond donors (Lipinski definition) is 1. The summed E-state index contributed by atoms with van der Waals surface area (Å²) in [5.74, 6) is 1.42. The van der Waals surface area contributed by atoms with Crippen molar-refractivity contribution in [3.05, 3.63) is 23.8 Å². The van der Waals surface area contributed by atoms with Crippen LogP contribution in [0.1, 0.15) is 12.0 Å². The van der Waals surface area contributed by atoms with Crippen molar-refractivity contribution in [2.45, 2.75) is 6.42 Å². The summed E-state index contributed by atoms with van der Waals surface area (Å²) < 4.78 is 10.3. The average Bonchev–Trinajstić information content (AvgIpc) is 2.38. The van der Waals surface area contributed by atoms with E-state index in [1.54, 1.807) is 26.5 Å². The van der Waals surface area contributed by atoms with E-state index in [2.05, 4.69) is 10.5 Å². The van der Waals surface area contributed by atoms with Crippen molar-refractivity contribution < 1.29 is 9.47 Å². The second-order valence-corrected chi connectivity index (χ2v) is 3.18. The van der Waals surface area contributed by atoms with Gasteiger partial charge in [0.25, 0.3) is 0 Å². The van der Waals surface area contributed by atoms with Gasteiger partial charge in [-0.05, 0) is 12.1 Å². The predicted octanol–water partition coefficient (Wildman–Crippen LogP) is 1.54. The number of hydrogen-bond acceptors (Lipinski definition) is 5. The van der Waals surface area contributed by atoms with Crippen molar-refractivity contribution in [3.8, 4) is 17.6 Å². The minimum atomic E-state index is 0.428. The van der Waals surface area contributed by atoms with E-state index < -0.39 is 0 Å². The molecule has 0 spiro atoms. The third-order valence-corrected chi connectivity index (χ3v) is 2.08. The van der Waals surface area contributed by atoms with Gasteiger partial charge in [0.05, 0.1) is 32.9 Å². The number of methoxy groups -OCH3 is 2. The molecule has 0 aliphatic rings. The SMILES string of the molecule is COc1ccc(/C=N\NCCC#N)c(OC)c1. The Morgan fingerprint density at radius 3 is 2.88 bits per heavy atom. The normalized spacial score (nSPS) is 9.94. The predicted molar refractivity (Wildman–Crippen MR) is 65.4 cm³/mol. The van der Waals surface area contributed by atoms with Gasteiger partial charge in [0.2, 0.25) is 0 Å². The van der Waals surface area contributed by atoms with Crippen LogP contribution in [0.15, 0.2) is 23.3 Å². The molecule has 0 aliphatic heterocycles. The summed E-state index contributed by atoms with van der Waals surface area (Å²) >= 11 is 0. The topological polar surface area (TPSA) is 66.6 Å². The van der Waals surface area contributed by atoms with Crippen molar-refractivity contribution >= 4 is 6.21 Å². The molecular weight excluding hydrogens is 218 g/mol. The maximum absolute atomic E-state index is 8.35. The lowest BCUT2D eigenvalue weighted by molar-refractivity contribution is 0.394. The summed E-state index contributed by atoms with van der Waals surface area (Å²) in [4.78, 5) is 0. The fourth-order valence-corrected chi connectivity index (χ4v) is 1.22. The fraction of sp³-hybridized carbons (Fsp3) is 0.333. The second-order valence-electron chi connectivity index (χ2n) is 3.18. The van der Waals surface area contributed by atoms with Gasteiger partial charge in [-0.15, -0.1) is 0 Å². The van der Waals surface area contributed by atoms with Gasteiger partial charge in [0.15, 0.2) is 0 Å². The van der Waals surface area contributed by atoms with E-state index in [9.17, 15) is 0 Å². The summed E-state index contributed by atoms with van der Waals surface area (Å²) in [5, 5.41) is 12.3. The molecular formula is C12H15N3O2. The highest BCUT2D eigenvalue weighted by atomic mass is 16.5. The standard InChI is InChI=1S/C12H15N3O2/c1-16-11-5-4-10(12(8-11)17-2)9-15-14-7-3-6-13/h4-5,8-9,14H,3,7H2,1-2H3/b15-9-. The first-order chi connectivity index (χ1) is 8.31. The van der Waals surface area contributed by atoms with Gasteiger partial charge >= 0.3 is 0 Å². The molecule has 1 aromatic rings. The number of nitrogens with one attached hydrogen (secondary N) is 1. The molecule has 0 aliphatic carbocycles. The zero-order valence-electron chi connectivity index (χ0n) is 9.93. The summed E-state index contributed by atoms with van der Waals surface area (Å²) in [6.45, 7) is 0.533. The Kier molecular flexibility index (Phi) is 5.38. The van der Waals surface area contributed by atoms with E-state index in [0.717, 1.165) is 11.3 Å². The van der Waals surface area contributed by atoms with Crippen LogP contribution in [0, 0.1) is 11.3 Å². The number of nitriles is 1. The lowest BCUT2D eigenvalue weighted by atomic mass is 10.2. The van der Waals surface area contributed by atoms with Crippen molar-refractivity contribution in [2.24, 2.45) is 5.10 Å². The summed E-state index contributed by atoms with van der Waals surface area (Å²) in [6.07, 6.45) is 2.08. The maximum Gasteiger partial charge on any atom is 0.131 e. The van der Waals surface area contributed by atoms with E-state index in [-0.39, 0.29) is 0 Å². The first kappa shape index (κ1) is 12.8. The third kappa shape index (κ3) is 4.03. The van der Waals surface area contributed by atoms with Crippen LogP contribution in [0.4, 0.5) is 0 Å². The van der Waals surface area contributed by atoms with E-state index in [1.165, 1.54) is 0 Å². The van der Waals surface area contributed by atoms with Gasteiger partial charge in [-0.3, -0.25) is 0 Å². The number of ether oxygens (including phenoxy) is 2. The van der Waals surface area contributed by atoms with E-state index in [4.69, 9.17) is 14.7 Å². The zero-order chi connectivity index (χ0) is 12.5. The minimum absolute atomic E-state index is 0.428. The van der Waals surface area contributed by atoms with Crippen molar-refractivity contribution in [1.82, 2.24) is 5.43 Å². The first-order valence-electron chi connectivity index (χ1n) is 5.16. The average molecular weight is 233 g/mol. The van der Waals surface area contributed by atoms with Gasteiger partial charge in [0.1, 0.15) is 11.5 Å². The fourth-order valence-electron chi connectivity index (χ4n) is 1.22. The van der Waals surface area contributed by atoms with Gasteiger partial charge in [-0.2, -0.15) is 10.4 Å². The molecule has 0 atom stereocenters. The highest BCUT2D eigenvalue weighted by Crippen LogP contribution is 2.22. The highest BCUT2D eigenvalue weighted by molar-refractivity contribution is 5.83. The Morgan fingerprint density at radius 2 is 2.24 bits per heavy atom. The summed E-state index contributed by atoms with van der Waals surface area (Å²) in [6, 6.07) is 7.50. The molecule has 17 heavy (non-hydrogen) atoms. The Balaban J connectivity index is 2.67. The molecule has 0 saturated heterocycles. The minimum Gasteiger partial charge on any atom is -0.497 e. The molecule has 0 radical (unpaired) electrons. The van der Waals surface area contributed by atoms with Crippen LogP contribution in [0.25, 0.3) is 0 Å². The Hall–Kier alpha value is -2.22. The van der Waals surface area contributed by atoms with Crippen LogP contribution in [0.5, 0.6) is 11.5 Å². The molecule has 0 fully saturated rings. The molecule has 1 rings (SSSR count). The smallest absolute Gasteiger partial charge is 0.131 e. The first-order valence-corrected chi connectivity index (χ1v) is 5.16. The Bertz CT molecular complexity index is 424. The number of benzene rings is 1. The van der Waals surface area contributed by atoms with E-state index in [1.807, 2.05) is 18.2 Å². The molecule has 5 nitrogen and oxygen atoms in total. The molecule has 0 saturated carbocycles. The highest BCUT2D eigenvalue weighted by Gasteiger charge is 2.02. The maximum atomic E-state index is 8.35. The summed E-state index contributed by atoms with van der Waals surface area (Å²) in [5.41, 5.74) is 3.62. The lowest BCUT2D eigenvalue weighted by Crippen LogP contribution is -2.07. The molecule has 0 heterocycles. The Morgan fingerprint density at radius 1 is 1.41 bits per heavy atom. The monoisotopic (exact) mass is 233 g/mol. The molecule has 5 heteroatoms. The lowest BCUT2D eigenvalue weighted by Gasteiger charge is -2.06. The second kappa shape index (κ2) is 7.12. The number of nitrogens with zero attached hydrogens (tertiary/aromatic N) is 2. The zero-order valence-corrected chi connectivity index (χ0v) is 9.93. The van der Waals surface area contributed by atoms with Crippen LogP contribution in [0.2, 0.25) is 0 Å². The quantitative estimate of drug-likeness (QED) is 0.460. The molecule has 1 N–H and O–H groups in total. The van der Waals surface area contributed by atoms with Crippen LogP contribution in [-0.4, -0.2) is 27.0 Å². The third-order valence-electron chi connectivity index (χ3n) is 2.08. The van der Waals surface area contributed by atoms with Gasteiger partial charge < -0.3 is 14.9 Å². The van der Waals surface area contributed by atoms with Crippen LogP contribution >= 0.6 is 0 Å². The molecule has 0 aromatic heterocycles. The molecule has 1 aromatic carbocycles. The van der Waals surface area contributed by atoms with E-state index in [0.29, 0.717) is 18.7 Å². The van der Waals surface area contributed by atoms with Crippen LogP contribution in [-0.2, 0) is 0 Å². The van der Waals surface area contributed by atoms with Crippen LogP contribution in [0.3, 0.4) is 0 Å². The van der Waals surface area contributed by atoms with Crippen LogP contribution < -0.4 is 14.9 Å². The Labute approximate surface area is 101 Å². The summed E-state index contributed by atoms with van der Waals surface area (Å²) in [7, 11) is 3.20. The largest absolute Gasteiger partial charge is 0.497 e. The molecule has 0 amide bonds. The number of hydrazone groups is 1. The van der Waals surface area contributed by atoms with E-state index >= 15 is 0 Å². The molecule has 0 unspecified atom stereocenters. The van der Waals surface area contributed by atoms with Gasteiger partial charge in [-0.25, -0.2) is 0 Å². The van der Waals surface area contributed by atoms with Gasteiger partial charge in [-0.1, -0.05) is 0 Å². The van der Waals surface area contributed by atoms with Crippen molar-refractivity contribution in [1.29, 1.82) is 5.26 Å². The van der Waals surface area contributed by atoms with Gasteiger partial charge in [0, 0.05) is 18.2 Å². The molecule has 0 bridgehead atoms.